The summed E-state index contributed by atoms with van der Waals surface area (Å²) in [4.78, 5) is 9.39. The lowest BCUT2D eigenvalue weighted by Crippen LogP contribution is -1.91. The van der Waals surface area contributed by atoms with E-state index in [-0.39, 0.29) is 0 Å². The molecule has 3 aromatic heterocycles. The molecule has 0 N–H and O–H groups in total. The number of hydrogen-bond acceptors (Lipinski definition) is 6. The van der Waals surface area contributed by atoms with E-state index in [1.807, 2.05) is 38.1 Å². The Morgan fingerprint density at radius 3 is 2.68 bits per heavy atom. The molecule has 0 aliphatic carbocycles. The standard InChI is InChI=1S/C14H10ClN5OS/c1-7-3-5-9(6-4-7)13-17-12(19-21-13)10-11(15)16-14-20(10)18-8(2)22-14/h3-6H,1-2H3. The first kappa shape index (κ1) is 13.4. The molecule has 0 saturated carbocycles. The molecule has 0 amide bonds. The molecule has 4 aromatic rings. The number of rotatable bonds is 2. The van der Waals surface area contributed by atoms with Crippen molar-refractivity contribution in [3.05, 3.63) is 40.0 Å². The van der Waals surface area contributed by atoms with Gasteiger partial charge in [-0.25, -0.2) is 4.98 Å². The Kier molecular flexibility index (Phi) is 2.98. The first-order valence-corrected chi connectivity index (χ1v) is 7.74. The summed E-state index contributed by atoms with van der Waals surface area (Å²) in [6, 6.07) is 7.86. The molecular weight excluding hydrogens is 322 g/mol. The second-order valence-electron chi connectivity index (χ2n) is 4.86. The highest BCUT2D eigenvalue weighted by molar-refractivity contribution is 7.16. The van der Waals surface area contributed by atoms with Gasteiger partial charge >= 0.3 is 0 Å². The maximum absolute atomic E-state index is 6.18. The summed E-state index contributed by atoms with van der Waals surface area (Å²) in [5.74, 6) is 0.811. The van der Waals surface area contributed by atoms with Crippen LogP contribution in [0.4, 0.5) is 0 Å². The van der Waals surface area contributed by atoms with Crippen molar-refractivity contribution in [2.75, 3.05) is 0 Å². The van der Waals surface area contributed by atoms with E-state index < -0.39 is 0 Å². The lowest BCUT2D eigenvalue weighted by molar-refractivity contribution is 0.432. The molecule has 8 heteroatoms. The summed E-state index contributed by atoms with van der Waals surface area (Å²) >= 11 is 7.64. The van der Waals surface area contributed by atoms with Gasteiger partial charge in [0.1, 0.15) is 5.01 Å². The molecule has 0 spiro atoms. The predicted molar refractivity (Wildman–Crippen MR) is 84.1 cm³/mol. The molecule has 22 heavy (non-hydrogen) atoms. The van der Waals surface area contributed by atoms with Crippen LogP contribution in [0.3, 0.4) is 0 Å². The van der Waals surface area contributed by atoms with E-state index in [9.17, 15) is 0 Å². The molecule has 0 fully saturated rings. The summed E-state index contributed by atoms with van der Waals surface area (Å²) in [6.45, 7) is 3.93. The zero-order chi connectivity index (χ0) is 15.3. The monoisotopic (exact) mass is 331 g/mol. The van der Waals surface area contributed by atoms with Gasteiger partial charge in [0, 0.05) is 5.56 Å². The Balaban J connectivity index is 1.83. The van der Waals surface area contributed by atoms with Crippen LogP contribution in [-0.2, 0) is 0 Å². The summed E-state index contributed by atoms with van der Waals surface area (Å²) in [5.41, 5.74) is 2.57. The van der Waals surface area contributed by atoms with Crippen molar-refractivity contribution in [1.29, 1.82) is 0 Å². The van der Waals surface area contributed by atoms with Crippen LogP contribution in [-0.4, -0.2) is 24.7 Å². The van der Waals surface area contributed by atoms with Gasteiger partial charge in [-0.15, -0.1) is 0 Å². The second kappa shape index (κ2) is 4.89. The number of nitrogens with zero attached hydrogens (tertiary/aromatic N) is 5. The predicted octanol–water partition coefficient (Wildman–Crippen LogP) is 3.78. The highest BCUT2D eigenvalue weighted by Gasteiger charge is 2.21. The Morgan fingerprint density at radius 2 is 1.91 bits per heavy atom. The van der Waals surface area contributed by atoms with E-state index in [0.29, 0.717) is 27.5 Å². The quantitative estimate of drug-likeness (QED) is 0.559. The molecule has 110 valence electrons. The number of halogens is 1. The van der Waals surface area contributed by atoms with Gasteiger partial charge in [-0.05, 0) is 26.0 Å². The van der Waals surface area contributed by atoms with E-state index in [1.165, 1.54) is 16.9 Å². The van der Waals surface area contributed by atoms with E-state index in [4.69, 9.17) is 16.1 Å². The number of aromatic nitrogens is 5. The third kappa shape index (κ3) is 2.10. The third-order valence-electron chi connectivity index (χ3n) is 3.20. The molecule has 6 nitrogen and oxygen atoms in total. The van der Waals surface area contributed by atoms with Crippen molar-refractivity contribution < 1.29 is 4.52 Å². The van der Waals surface area contributed by atoms with Crippen LogP contribution in [0.5, 0.6) is 0 Å². The van der Waals surface area contributed by atoms with Crippen molar-refractivity contribution in [3.8, 4) is 23.0 Å². The maximum atomic E-state index is 6.18. The molecule has 0 aliphatic rings. The van der Waals surface area contributed by atoms with Crippen molar-refractivity contribution >= 4 is 27.9 Å². The fourth-order valence-corrected chi connectivity index (χ4v) is 3.18. The fourth-order valence-electron chi connectivity index (χ4n) is 2.14. The van der Waals surface area contributed by atoms with E-state index >= 15 is 0 Å². The van der Waals surface area contributed by atoms with Gasteiger partial charge in [0.2, 0.25) is 10.8 Å². The number of aryl methyl sites for hydroxylation is 2. The third-order valence-corrected chi connectivity index (χ3v) is 4.29. The number of benzene rings is 1. The van der Waals surface area contributed by atoms with Gasteiger partial charge in [0.15, 0.2) is 10.8 Å². The molecule has 1 aromatic carbocycles. The van der Waals surface area contributed by atoms with Crippen molar-refractivity contribution in [2.45, 2.75) is 13.8 Å². The minimum Gasteiger partial charge on any atom is -0.334 e. The van der Waals surface area contributed by atoms with Crippen molar-refractivity contribution in [2.24, 2.45) is 0 Å². The lowest BCUT2D eigenvalue weighted by Gasteiger charge is -1.94. The summed E-state index contributed by atoms with van der Waals surface area (Å²) in [5, 5.41) is 9.59. The zero-order valence-corrected chi connectivity index (χ0v) is 13.3. The topological polar surface area (TPSA) is 69.1 Å². The van der Waals surface area contributed by atoms with Gasteiger partial charge in [-0.3, -0.25) is 0 Å². The Bertz CT molecular complexity index is 969. The highest BCUT2D eigenvalue weighted by Crippen LogP contribution is 2.30. The minimum atomic E-state index is 0.315. The molecular formula is C14H10ClN5OS. The van der Waals surface area contributed by atoms with Crippen LogP contribution in [0.25, 0.3) is 27.9 Å². The number of imidazole rings is 1. The molecule has 0 unspecified atom stereocenters. The van der Waals surface area contributed by atoms with Crippen LogP contribution in [0.1, 0.15) is 10.6 Å². The average molecular weight is 332 g/mol. The van der Waals surface area contributed by atoms with Crippen molar-refractivity contribution in [1.82, 2.24) is 24.7 Å². The van der Waals surface area contributed by atoms with Gasteiger partial charge < -0.3 is 4.52 Å². The van der Waals surface area contributed by atoms with E-state index in [0.717, 1.165) is 10.6 Å². The zero-order valence-electron chi connectivity index (χ0n) is 11.7. The van der Waals surface area contributed by atoms with E-state index in [2.05, 4.69) is 20.2 Å². The summed E-state index contributed by atoms with van der Waals surface area (Å²) in [7, 11) is 0. The Hall–Kier alpha value is -2.25. The van der Waals surface area contributed by atoms with Gasteiger partial charge in [-0.1, -0.05) is 45.8 Å². The first-order chi connectivity index (χ1) is 10.6. The molecule has 0 atom stereocenters. The minimum absolute atomic E-state index is 0.315. The largest absolute Gasteiger partial charge is 0.334 e. The molecule has 3 heterocycles. The van der Waals surface area contributed by atoms with Gasteiger partial charge in [0.25, 0.3) is 5.89 Å². The van der Waals surface area contributed by atoms with Crippen LogP contribution in [0.2, 0.25) is 5.15 Å². The molecule has 4 rings (SSSR count). The molecule has 0 radical (unpaired) electrons. The smallest absolute Gasteiger partial charge is 0.258 e. The average Bonchev–Trinajstić information content (AvgIpc) is 3.14. The van der Waals surface area contributed by atoms with Crippen LogP contribution >= 0.6 is 22.9 Å². The molecule has 0 saturated heterocycles. The summed E-state index contributed by atoms with van der Waals surface area (Å²) < 4.78 is 6.98. The van der Waals surface area contributed by atoms with Crippen LogP contribution in [0.15, 0.2) is 28.8 Å². The summed E-state index contributed by atoms with van der Waals surface area (Å²) in [6.07, 6.45) is 0. The van der Waals surface area contributed by atoms with E-state index in [1.54, 1.807) is 4.52 Å². The molecule has 0 bridgehead atoms. The Morgan fingerprint density at radius 1 is 1.14 bits per heavy atom. The van der Waals surface area contributed by atoms with Gasteiger partial charge in [-0.2, -0.15) is 14.6 Å². The van der Waals surface area contributed by atoms with Crippen LogP contribution in [0, 0.1) is 13.8 Å². The SMILES string of the molecule is Cc1ccc(-c2nc(-c3c(Cl)nc4sc(C)nn34)no2)cc1. The van der Waals surface area contributed by atoms with Crippen molar-refractivity contribution in [3.63, 3.8) is 0 Å². The van der Waals surface area contributed by atoms with Crippen LogP contribution < -0.4 is 0 Å². The van der Waals surface area contributed by atoms with Gasteiger partial charge in [0.05, 0.1) is 0 Å². The normalized spacial score (nSPS) is 11.4. The highest BCUT2D eigenvalue weighted by atomic mass is 35.5. The number of hydrogen-bond donors (Lipinski definition) is 0. The number of fused-ring (bicyclic) bond motifs is 1. The molecule has 0 aliphatic heterocycles. The fraction of sp³-hybridized carbons (Fsp3) is 0.143. The Labute approximate surface area is 134 Å². The first-order valence-electron chi connectivity index (χ1n) is 6.54. The lowest BCUT2D eigenvalue weighted by atomic mass is 10.1. The maximum Gasteiger partial charge on any atom is 0.258 e. The second-order valence-corrected chi connectivity index (χ2v) is 6.37.